The second-order valence-corrected chi connectivity index (χ2v) is 9.14. The predicted molar refractivity (Wildman–Crippen MR) is 133 cm³/mol. The zero-order valence-corrected chi connectivity index (χ0v) is 20.1. The Balaban J connectivity index is 1.41. The lowest BCUT2D eigenvalue weighted by molar-refractivity contribution is -0.118. The molecule has 7 nitrogen and oxygen atoms in total. The highest BCUT2D eigenvalue weighted by Gasteiger charge is 2.22. The summed E-state index contributed by atoms with van der Waals surface area (Å²) in [5.74, 6) is 1.97. The van der Waals surface area contributed by atoms with E-state index in [-0.39, 0.29) is 11.7 Å². The highest BCUT2D eigenvalue weighted by molar-refractivity contribution is 7.99. The fourth-order valence-corrected chi connectivity index (χ4v) is 4.78. The van der Waals surface area contributed by atoms with Gasteiger partial charge in [-0.15, -0.1) is 10.2 Å². The lowest BCUT2D eigenvalue weighted by Gasteiger charge is -2.27. The summed E-state index contributed by atoms with van der Waals surface area (Å²) in [5.41, 5.74) is 3.30. The maximum Gasteiger partial charge on any atom is 0.232 e. The fraction of sp³-hybridized carbons (Fsp3) is 0.400. The van der Waals surface area contributed by atoms with Crippen LogP contribution in [0.3, 0.4) is 0 Å². The van der Waals surface area contributed by atoms with Crippen LogP contribution < -0.4 is 15.0 Å². The van der Waals surface area contributed by atoms with Gasteiger partial charge in [0.25, 0.3) is 0 Å². The minimum absolute atomic E-state index is 0.0205. The van der Waals surface area contributed by atoms with Crippen LogP contribution in [0.2, 0.25) is 0 Å². The highest BCUT2D eigenvalue weighted by atomic mass is 32.2. The van der Waals surface area contributed by atoms with Gasteiger partial charge >= 0.3 is 0 Å². The molecule has 1 N–H and O–H groups in total. The summed E-state index contributed by atoms with van der Waals surface area (Å²) >= 11 is 1.42. The number of benzene rings is 2. The molecular formula is C25H31N5O2S. The summed E-state index contributed by atoms with van der Waals surface area (Å²) in [4.78, 5) is 14.8. The monoisotopic (exact) mass is 465 g/mol. The number of ether oxygens (including phenoxy) is 1. The molecule has 1 aromatic heterocycles. The zero-order valence-electron chi connectivity index (χ0n) is 19.3. The van der Waals surface area contributed by atoms with Crippen molar-refractivity contribution in [3.05, 3.63) is 59.7 Å². The van der Waals surface area contributed by atoms with Gasteiger partial charge in [-0.1, -0.05) is 47.7 Å². The lowest BCUT2D eigenvalue weighted by atomic mass is 10.1. The molecule has 1 fully saturated rings. The van der Waals surface area contributed by atoms with Gasteiger partial charge in [0.15, 0.2) is 5.16 Å². The Hall–Kier alpha value is -3.00. The largest absolute Gasteiger partial charge is 0.496 e. The van der Waals surface area contributed by atoms with Gasteiger partial charge < -0.3 is 15.0 Å². The third-order valence-corrected chi connectivity index (χ3v) is 6.72. The van der Waals surface area contributed by atoms with E-state index >= 15 is 0 Å². The highest BCUT2D eigenvalue weighted by Crippen LogP contribution is 2.28. The summed E-state index contributed by atoms with van der Waals surface area (Å²) < 4.78 is 7.47. The van der Waals surface area contributed by atoms with Gasteiger partial charge in [-0.3, -0.25) is 9.36 Å². The summed E-state index contributed by atoms with van der Waals surface area (Å²) in [6.45, 7) is 4.60. The Morgan fingerprint density at radius 3 is 2.58 bits per heavy atom. The van der Waals surface area contributed by atoms with Crippen LogP contribution in [0.5, 0.6) is 5.75 Å². The molecule has 2 heterocycles. The maximum atomic E-state index is 12.5. The number of nitrogens with one attached hydrogen (secondary N) is 1. The van der Waals surface area contributed by atoms with Gasteiger partial charge in [-0.2, -0.15) is 0 Å². The number of para-hydroxylation sites is 1. The Kier molecular flexibility index (Phi) is 7.88. The number of thioether (sulfide) groups is 1. The van der Waals surface area contributed by atoms with Crippen molar-refractivity contribution in [1.29, 1.82) is 0 Å². The van der Waals surface area contributed by atoms with Crippen LogP contribution in [-0.4, -0.2) is 53.2 Å². The van der Waals surface area contributed by atoms with Crippen LogP contribution in [0.1, 0.15) is 30.4 Å². The number of hydrogen-bond acceptors (Lipinski definition) is 6. The van der Waals surface area contributed by atoms with Gasteiger partial charge in [-0.05, 0) is 56.4 Å². The van der Waals surface area contributed by atoms with Crippen LogP contribution in [0, 0.1) is 6.92 Å². The van der Waals surface area contributed by atoms with Crippen molar-refractivity contribution in [2.75, 3.05) is 37.4 Å². The van der Waals surface area contributed by atoms with Crippen molar-refractivity contribution >= 4 is 23.6 Å². The van der Waals surface area contributed by atoms with Gasteiger partial charge in [-0.25, -0.2) is 0 Å². The third-order valence-electron chi connectivity index (χ3n) is 5.79. The first-order valence-corrected chi connectivity index (χ1v) is 12.4. The molecule has 0 spiro atoms. The van der Waals surface area contributed by atoms with E-state index in [1.807, 2.05) is 24.3 Å². The summed E-state index contributed by atoms with van der Waals surface area (Å²) in [7, 11) is 1.66. The van der Waals surface area contributed by atoms with Crippen molar-refractivity contribution < 1.29 is 9.53 Å². The Labute approximate surface area is 199 Å². The van der Waals surface area contributed by atoms with Crippen molar-refractivity contribution in [3.8, 4) is 11.4 Å². The molecule has 0 atom stereocenters. The molecule has 0 aliphatic carbocycles. The van der Waals surface area contributed by atoms with E-state index in [1.165, 1.54) is 23.7 Å². The van der Waals surface area contributed by atoms with E-state index in [0.29, 0.717) is 6.54 Å². The van der Waals surface area contributed by atoms with Crippen LogP contribution >= 0.6 is 11.8 Å². The molecule has 1 saturated heterocycles. The molecule has 0 saturated carbocycles. The first kappa shape index (κ1) is 23.2. The molecule has 0 unspecified atom stereocenters. The second kappa shape index (κ2) is 11.2. The van der Waals surface area contributed by atoms with Gasteiger partial charge in [0.1, 0.15) is 5.75 Å². The average Bonchev–Trinajstić information content (AvgIpc) is 3.28. The Morgan fingerprint density at radius 1 is 1.06 bits per heavy atom. The van der Waals surface area contributed by atoms with E-state index in [1.54, 1.807) is 7.11 Å². The standard InChI is InChI=1S/C25H31N5O2S/c1-19-10-12-21(13-11-19)30-24(29-16-6-3-7-17-29)27-28-25(30)33-18-23(31)26-15-14-20-8-4-5-9-22(20)32-2/h4-5,8-13H,3,6-7,14-18H2,1-2H3,(H,26,31). The smallest absolute Gasteiger partial charge is 0.232 e. The molecule has 0 bridgehead atoms. The van der Waals surface area contributed by atoms with Crippen molar-refractivity contribution in [1.82, 2.24) is 20.1 Å². The number of rotatable bonds is 9. The number of hydrogen-bond donors (Lipinski definition) is 1. The molecule has 174 valence electrons. The number of anilines is 1. The van der Waals surface area contributed by atoms with E-state index < -0.39 is 0 Å². The van der Waals surface area contributed by atoms with Crippen molar-refractivity contribution in [2.45, 2.75) is 37.8 Å². The molecule has 1 aliphatic heterocycles. The van der Waals surface area contributed by atoms with E-state index in [2.05, 4.69) is 56.2 Å². The van der Waals surface area contributed by atoms with Crippen molar-refractivity contribution in [2.24, 2.45) is 0 Å². The third kappa shape index (κ3) is 5.87. The minimum atomic E-state index is -0.0205. The number of aromatic nitrogens is 3. The number of aryl methyl sites for hydroxylation is 1. The minimum Gasteiger partial charge on any atom is -0.496 e. The zero-order chi connectivity index (χ0) is 23.0. The SMILES string of the molecule is COc1ccccc1CCNC(=O)CSc1nnc(N2CCCCC2)n1-c1ccc(C)cc1. The molecular weight excluding hydrogens is 434 g/mol. The Morgan fingerprint density at radius 2 is 1.82 bits per heavy atom. The predicted octanol–water partition coefficient (Wildman–Crippen LogP) is 4.03. The average molecular weight is 466 g/mol. The Bertz CT molecular complexity index is 1060. The number of amides is 1. The lowest BCUT2D eigenvalue weighted by Crippen LogP contribution is -2.31. The molecule has 33 heavy (non-hydrogen) atoms. The number of carbonyl (C=O) groups is 1. The van der Waals surface area contributed by atoms with Crippen LogP contribution in [0.15, 0.2) is 53.7 Å². The first-order chi connectivity index (χ1) is 16.2. The van der Waals surface area contributed by atoms with E-state index in [9.17, 15) is 4.79 Å². The van der Waals surface area contributed by atoms with Crippen LogP contribution in [0.4, 0.5) is 5.95 Å². The number of piperidine rings is 1. The molecule has 3 aromatic rings. The van der Waals surface area contributed by atoms with Crippen molar-refractivity contribution in [3.63, 3.8) is 0 Å². The molecule has 8 heteroatoms. The summed E-state index contributed by atoms with van der Waals surface area (Å²) in [6.07, 6.45) is 4.31. The van der Waals surface area contributed by atoms with Gasteiger partial charge in [0.05, 0.1) is 18.6 Å². The summed E-state index contributed by atoms with van der Waals surface area (Å²) in [6, 6.07) is 16.2. The molecule has 4 rings (SSSR count). The maximum absolute atomic E-state index is 12.5. The van der Waals surface area contributed by atoms with Crippen LogP contribution in [-0.2, 0) is 11.2 Å². The number of nitrogens with zero attached hydrogens (tertiary/aromatic N) is 4. The number of methoxy groups -OCH3 is 1. The molecule has 1 amide bonds. The topological polar surface area (TPSA) is 72.3 Å². The first-order valence-electron chi connectivity index (χ1n) is 11.4. The molecule has 1 aliphatic rings. The van der Waals surface area contributed by atoms with E-state index in [0.717, 1.165) is 60.5 Å². The normalized spacial score (nSPS) is 13.7. The van der Waals surface area contributed by atoms with Gasteiger partial charge in [0, 0.05) is 19.6 Å². The summed E-state index contributed by atoms with van der Waals surface area (Å²) in [5, 5.41) is 12.7. The fourth-order valence-electron chi connectivity index (χ4n) is 4.00. The quantitative estimate of drug-likeness (QED) is 0.481. The second-order valence-electron chi connectivity index (χ2n) is 8.20. The molecule has 2 aromatic carbocycles. The van der Waals surface area contributed by atoms with E-state index in [4.69, 9.17) is 4.74 Å². The van der Waals surface area contributed by atoms with Crippen LogP contribution in [0.25, 0.3) is 5.69 Å². The van der Waals surface area contributed by atoms with Gasteiger partial charge in [0.2, 0.25) is 11.9 Å². The number of carbonyl (C=O) groups excluding carboxylic acids is 1. The molecule has 0 radical (unpaired) electrons.